The molecule has 0 bridgehead atoms. The average molecular weight is 222 g/mol. The van der Waals surface area contributed by atoms with Crippen molar-refractivity contribution in [2.75, 3.05) is 0 Å². The molecule has 1 aromatic rings. The van der Waals surface area contributed by atoms with Crippen molar-refractivity contribution in [1.29, 1.82) is 5.26 Å². The van der Waals surface area contributed by atoms with Crippen LogP contribution in [-0.2, 0) is 0 Å². The van der Waals surface area contributed by atoms with Gasteiger partial charge in [0, 0.05) is 0 Å². The zero-order valence-electron chi connectivity index (χ0n) is 6.60. The Labute approximate surface area is 78.9 Å². The van der Waals surface area contributed by atoms with Crippen LogP contribution in [0.3, 0.4) is 0 Å². The van der Waals surface area contributed by atoms with Crippen LogP contribution in [0.4, 0.5) is 0 Å². The minimum absolute atomic E-state index is 0.0247. The molecule has 2 heteroatoms. The summed E-state index contributed by atoms with van der Waals surface area (Å²) in [4.78, 5) is 2.45. The van der Waals surface area contributed by atoms with Crippen molar-refractivity contribution in [3.63, 3.8) is 0 Å². The molecule has 0 fully saturated rings. The topological polar surface area (TPSA) is 23.8 Å². The molecule has 0 aliphatic heterocycles. The van der Waals surface area contributed by atoms with Crippen molar-refractivity contribution in [3.8, 4) is 4.97 Å². The van der Waals surface area contributed by atoms with E-state index in [1.54, 1.807) is 0 Å². The Bertz CT molecular complexity index is 286. The first-order valence-electron chi connectivity index (χ1n) is 3.60. The van der Waals surface area contributed by atoms with Crippen molar-refractivity contribution < 1.29 is 0 Å². The maximum absolute atomic E-state index is 8.56. The Balaban J connectivity index is 2.81. The van der Waals surface area contributed by atoms with Gasteiger partial charge in [-0.2, -0.15) is 0 Å². The molecule has 0 saturated carbocycles. The van der Waals surface area contributed by atoms with Crippen LogP contribution in [-0.4, -0.2) is 15.0 Å². The van der Waals surface area contributed by atoms with E-state index in [1.165, 1.54) is 5.56 Å². The summed E-state index contributed by atoms with van der Waals surface area (Å²) in [7, 11) is 0. The second-order valence-electron chi connectivity index (χ2n) is 2.28. The summed E-state index contributed by atoms with van der Waals surface area (Å²) in [5, 5.41) is 8.56. The maximum atomic E-state index is 8.56. The predicted molar refractivity (Wildman–Crippen MR) is 50.7 cm³/mol. The van der Waals surface area contributed by atoms with E-state index in [4.69, 9.17) is 5.26 Å². The molecule has 1 aromatic carbocycles. The number of hydrogen-bond acceptors (Lipinski definition) is 1. The third-order valence-electron chi connectivity index (χ3n) is 1.52. The van der Waals surface area contributed by atoms with Crippen LogP contribution in [0, 0.1) is 10.2 Å². The van der Waals surface area contributed by atoms with E-state index in [9.17, 15) is 0 Å². The molecule has 0 N–H and O–H groups in total. The van der Waals surface area contributed by atoms with Crippen LogP contribution >= 0.6 is 0 Å². The Morgan fingerprint density at radius 2 is 2.08 bits per heavy atom. The summed E-state index contributed by atoms with van der Waals surface area (Å²) in [5.41, 5.74) is 1.19. The van der Waals surface area contributed by atoms with Crippen molar-refractivity contribution in [1.82, 2.24) is 0 Å². The fourth-order valence-electron chi connectivity index (χ4n) is 0.952. The first-order chi connectivity index (χ1) is 5.88. The van der Waals surface area contributed by atoms with Gasteiger partial charge in [-0.3, -0.25) is 0 Å². The van der Waals surface area contributed by atoms with Gasteiger partial charge in [0.25, 0.3) is 0 Å². The van der Waals surface area contributed by atoms with Gasteiger partial charge in [-0.05, 0) is 0 Å². The normalized spacial score (nSPS) is 11.6. The van der Waals surface area contributed by atoms with Crippen LogP contribution in [0.1, 0.15) is 10.4 Å². The van der Waals surface area contributed by atoms with Crippen LogP contribution < -0.4 is 0 Å². The van der Waals surface area contributed by atoms with Crippen molar-refractivity contribution in [2.24, 2.45) is 0 Å². The number of hydrogen-bond donors (Lipinski definition) is 0. The van der Waals surface area contributed by atoms with Crippen LogP contribution in [0.2, 0.25) is 0 Å². The van der Waals surface area contributed by atoms with Gasteiger partial charge in [0.15, 0.2) is 0 Å². The Morgan fingerprint density at radius 3 is 2.58 bits per heavy atom. The molecule has 1 unspecified atom stereocenters. The quantitative estimate of drug-likeness (QED) is 0.567. The van der Waals surface area contributed by atoms with Gasteiger partial charge in [0.2, 0.25) is 0 Å². The van der Waals surface area contributed by atoms with Gasteiger partial charge in [0.1, 0.15) is 0 Å². The monoisotopic (exact) mass is 223 g/mol. The molecule has 1 atom stereocenters. The molecule has 0 aliphatic carbocycles. The molecule has 1 nitrogen and oxygen atoms in total. The fourth-order valence-corrected chi connectivity index (χ4v) is 2.01. The SMILES string of the molecule is C=CC([Se]C#N)c1ccccc1. The molecule has 0 spiro atoms. The van der Waals surface area contributed by atoms with Crippen LogP contribution in [0.25, 0.3) is 0 Å². The molecular weight excluding hydrogens is 213 g/mol. The van der Waals surface area contributed by atoms with E-state index < -0.39 is 0 Å². The first-order valence-corrected chi connectivity index (χ1v) is 5.45. The third-order valence-corrected chi connectivity index (χ3v) is 3.25. The molecule has 0 heterocycles. The van der Waals surface area contributed by atoms with E-state index in [0.717, 1.165) is 0 Å². The summed E-state index contributed by atoms with van der Waals surface area (Å²) < 4.78 is 0. The zero-order valence-corrected chi connectivity index (χ0v) is 8.32. The first kappa shape index (κ1) is 9.06. The summed E-state index contributed by atoms with van der Waals surface area (Å²) in [6, 6.07) is 10.0. The van der Waals surface area contributed by atoms with Gasteiger partial charge in [0.05, 0.1) is 0 Å². The second-order valence-corrected chi connectivity index (χ2v) is 4.22. The van der Waals surface area contributed by atoms with Gasteiger partial charge in [-0.1, -0.05) is 0 Å². The van der Waals surface area contributed by atoms with Crippen molar-refractivity contribution in [3.05, 3.63) is 48.6 Å². The molecule has 60 valence electrons. The van der Waals surface area contributed by atoms with E-state index in [-0.39, 0.29) is 19.8 Å². The summed E-state index contributed by atoms with van der Waals surface area (Å²) in [6.45, 7) is 3.72. The molecule has 0 aliphatic rings. The molecule has 0 saturated heterocycles. The zero-order chi connectivity index (χ0) is 8.81. The summed E-state index contributed by atoms with van der Waals surface area (Å²) in [6.07, 6.45) is 1.85. The number of rotatable bonds is 3. The number of allylic oxidation sites excluding steroid dienone is 1. The molecule has 1 rings (SSSR count). The molecule has 12 heavy (non-hydrogen) atoms. The number of nitrogens with zero attached hydrogens (tertiary/aromatic N) is 1. The molecular formula is C10H9NSe. The third kappa shape index (κ3) is 2.23. The van der Waals surface area contributed by atoms with E-state index in [1.807, 2.05) is 36.4 Å². The Hall–Kier alpha value is -1.03. The van der Waals surface area contributed by atoms with Gasteiger partial charge >= 0.3 is 78.6 Å². The van der Waals surface area contributed by atoms with Crippen LogP contribution in [0.5, 0.6) is 0 Å². The summed E-state index contributed by atoms with van der Waals surface area (Å²) in [5.74, 6) is 0. The second kappa shape index (κ2) is 4.77. The molecule has 0 amide bonds. The standard InChI is InChI=1S/C10H9NSe/c1-2-10(12-8-11)9-6-4-3-5-7-9/h2-7,10H,1H2. The number of nitriles is 1. The minimum atomic E-state index is -0.0247. The Morgan fingerprint density at radius 1 is 1.42 bits per heavy atom. The molecule has 0 radical (unpaired) electrons. The number of benzene rings is 1. The van der Waals surface area contributed by atoms with Crippen LogP contribution in [0.15, 0.2) is 43.0 Å². The average Bonchev–Trinajstić information content (AvgIpc) is 2.15. The Kier molecular flexibility index (Phi) is 3.60. The van der Waals surface area contributed by atoms with Gasteiger partial charge in [-0.25, -0.2) is 0 Å². The van der Waals surface area contributed by atoms with E-state index in [0.29, 0.717) is 0 Å². The fraction of sp³-hybridized carbons (Fsp3) is 0.100. The van der Waals surface area contributed by atoms with Gasteiger partial charge < -0.3 is 0 Å². The van der Waals surface area contributed by atoms with E-state index in [2.05, 4.69) is 11.5 Å². The van der Waals surface area contributed by atoms with Crippen molar-refractivity contribution in [2.45, 2.75) is 4.82 Å². The van der Waals surface area contributed by atoms with Crippen molar-refractivity contribution >= 4 is 15.0 Å². The molecule has 0 aromatic heterocycles. The van der Waals surface area contributed by atoms with E-state index >= 15 is 0 Å². The predicted octanol–water partition coefficient (Wildman–Crippen LogP) is 2.10. The summed E-state index contributed by atoms with van der Waals surface area (Å²) >= 11 is -0.0247. The van der Waals surface area contributed by atoms with Gasteiger partial charge in [-0.15, -0.1) is 0 Å².